The zero-order chi connectivity index (χ0) is 18.6. The Bertz CT molecular complexity index is 968. The molecule has 0 saturated carbocycles. The average Bonchev–Trinajstić information content (AvgIpc) is 3.37. The van der Waals surface area contributed by atoms with Gasteiger partial charge in [0, 0.05) is 28.1 Å². The van der Waals surface area contributed by atoms with Crippen molar-refractivity contribution in [3.05, 3.63) is 46.1 Å². The topological polar surface area (TPSA) is 86.8 Å². The second-order valence-electron chi connectivity index (χ2n) is 5.53. The van der Waals surface area contributed by atoms with Gasteiger partial charge in [-0.05, 0) is 23.6 Å². The summed E-state index contributed by atoms with van der Waals surface area (Å²) in [5.74, 6) is 0.119. The van der Waals surface area contributed by atoms with Gasteiger partial charge < -0.3 is 19.5 Å². The number of amides is 1. The van der Waals surface area contributed by atoms with Crippen LogP contribution in [-0.4, -0.2) is 36.7 Å². The van der Waals surface area contributed by atoms with Gasteiger partial charge in [-0.2, -0.15) is 11.3 Å². The Morgan fingerprint density at radius 3 is 2.81 bits per heavy atom. The van der Waals surface area contributed by atoms with Gasteiger partial charge in [-0.1, -0.05) is 0 Å². The Balaban J connectivity index is 1.32. The van der Waals surface area contributed by atoms with Crippen LogP contribution in [0, 0.1) is 0 Å². The van der Waals surface area contributed by atoms with E-state index in [2.05, 4.69) is 10.3 Å². The number of hydrogen-bond acceptors (Lipinski definition) is 8. The molecule has 7 nitrogen and oxygen atoms in total. The standard InChI is InChI=1S/C18H14N2O5S2/c21-16(19-12-1-2-14-15(7-12)24-5-4-23-14)8-25-18(22)13-10-27-17(20-13)11-3-6-26-9-11/h1-3,6-7,9-10H,4-5,8H2,(H,19,21). The number of rotatable bonds is 5. The molecule has 1 aromatic carbocycles. The summed E-state index contributed by atoms with van der Waals surface area (Å²) >= 11 is 2.91. The maximum atomic E-state index is 12.1. The molecule has 0 aliphatic carbocycles. The minimum absolute atomic E-state index is 0.188. The summed E-state index contributed by atoms with van der Waals surface area (Å²) < 4.78 is 15.9. The van der Waals surface area contributed by atoms with E-state index in [4.69, 9.17) is 14.2 Å². The summed E-state index contributed by atoms with van der Waals surface area (Å²) in [7, 11) is 0. The minimum atomic E-state index is -0.634. The lowest BCUT2D eigenvalue weighted by Crippen LogP contribution is -2.21. The van der Waals surface area contributed by atoms with Crippen LogP contribution in [0.25, 0.3) is 10.6 Å². The number of nitrogens with one attached hydrogen (secondary N) is 1. The molecule has 4 rings (SSSR count). The smallest absolute Gasteiger partial charge is 0.358 e. The van der Waals surface area contributed by atoms with Gasteiger partial charge in [0.1, 0.15) is 18.2 Å². The molecule has 1 aliphatic rings. The number of carbonyl (C=O) groups is 2. The third-order valence-corrected chi connectivity index (χ3v) is 5.22. The fourth-order valence-electron chi connectivity index (χ4n) is 2.41. The number of thiazole rings is 1. The van der Waals surface area contributed by atoms with E-state index in [0.717, 1.165) is 10.6 Å². The Hall–Kier alpha value is -2.91. The van der Waals surface area contributed by atoms with Gasteiger partial charge in [-0.25, -0.2) is 9.78 Å². The molecule has 2 aromatic heterocycles. The average molecular weight is 402 g/mol. The van der Waals surface area contributed by atoms with E-state index in [-0.39, 0.29) is 5.69 Å². The molecule has 138 valence electrons. The van der Waals surface area contributed by atoms with Crippen LogP contribution in [0.5, 0.6) is 11.5 Å². The summed E-state index contributed by atoms with van der Waals surface area (Å²) in [5, 5.41) is 8.91. The van der Waals surface area contributed by atoms with E-state index in [1.54, 1.807) is 34.9 Å². The minimum Gasteiger partial charge on any atom is -0.486 e. The molecule has 1 aliphatic heterocycles. The zero-order valence-corrected chi connectivity index (χ0v) is 15.6. The number of fused-ring (bicyclic) bond motifs is 1. The summed E-state index contributed by atoms with van der Waals surface area (Å²) in [4.78, 5) is 28.4. The van der Waals surface area contributed by atoms with Crippen molar-refractivity contribution in [3.8, 4) is 22.1 Å². The van der Waals surface area contributed by atoms with Gasteiger partial charge in [-0.15, -0.1) is 11.3 Å². The molecule has 0 saturated heterocycles. The number of anilines is 1. The zero-order valence-electron chi connectivity index (χ0n) is 14.0. The van der Waals surface area contributed by atoms with Crippen LogP contribution in [0.1, 0.15) is 10.5 Å². The van der Waals surface area contributed by atoms with Crippen LogP contribution < -0.4 is 14.8 Å². The van der Waals surface area contributed by atoms with Crippen LogP contribution in [0.2, 0.25) is 0 Å². The molecule has 0 bridgehead atoms. The van der Waals surface area contributed by atoms with Gasteiger partial charge in [0.05, 0.1) is 0 Å². The number of carbonyl (C=O) groups excluding carboxylic acids is 2. The molecular weight excluding hydrogens is 388 g/mol. The third-order valence-electron chi connectivity index (χ3n) is 3.64. The molecule has 27 heavy (non-hydrogen) atoms. The van der Waals surface area contributed by atoms with E-state index in [0.29, 0.717) is 30.4 Å². The first-order chi connectivity index (χ1) is 13.2. The number of nitrogens with zero attached hydrogens (tertiary/aromatic N) is 1. The first-order valence-electron chi connectivity index (χ1n) is 8.04. The van der Waals surface area contributed by atoms with Gasteiger partial charge >= 0.3 is 5.97 Å². The third kappa shape index (κ3) is 4.09. The van der Waals surface area contributed by atoms with Crippen molar-refractivity contribution in [2.75, 3.05) is 25.1 Å². The van der Waals surface area contributed by atoms with E-state index >= 15 is 0 Å². The second kappa shape index (κ2) is 7.77. The first kappa shape index (κ1) is 17.5. The summed E-state index contributed by atoms with van der Waals surface area (Å²) in [6.45, 7) is 0.557. The second-order valence-corrected chi connectivity index (χ2v) is 7.17. The van der Waals surface area contributed by atoms with Crippen molar-refractivity contribution in [1.82, 2.24) is 4.98 Å². The Kier molecular flexibility index (Phi) is 5.03. The molecule has 3 heterocycles. The van der Waals surface area contributed by atoms with Crippen molar-refractivity contribution in [2.45, 2.75) is 0 Å². The SMILES string of the molecule is O=C(COC(=O)c1csc(-c2ccsc2)n1)Nc1ccc2c(c1)OCCO2. The number of esters is 1. The lowest BCUT2D eigenvalue weighted by Gasteiger charge is -2.18. The number of hydrogen-bond donors (Lipinski definition) is 1. The molecule has 1 N–H and O–H groups in total. The number of thiophene rings is 1. The Labute approximate surface area is 162 Å². The van der Waals surface area contributed by atoms with E-state index in [1.165, 1.54) is 11.3 Å². The Morgan fingerprint density at radius 2 is 2.00 bits per heavy atom. The molecule has 0 unspecified atom stereocenters. The van der Waals surface area contributed by atoms with Gasteiger partial charge in [0.25, 0.3) is 5.91 Å². The van der Waals surface area contributed by atoms with Crippen molar-refractivity contribution in [3.63, 3.8) is 0 Å². The normalized spacial score (nSPS) is 12.4. The predicted octanol–water partition coefficient (Wildman–Crippen LogP) is 3.44. The molecule has 3 aromatic rings. The summed E-state index contributed by atoms with van der Waals surface area (Å²) in [6.07, 6.45) is 0. The highest BCUT2D eigenvalue weighted by Gasteiger charge is 2.16. The lowest BCUT2D eigenvalue weighted by molar-refractivity contribution is -0.119. The van der Waals surface area contributed by atoms with Crippen LogP contribution in [0.4, 0.5) is 5.69 Å². The van der Waals surface area contributed by atoms with E-state index in [1.807, 2.05) is 16.8 Å². The van der Waals surface area contributed by atoms with E-state index < -0.39 is 18.5 Å². The molecular formula is C18H14N2O5S2. The number of aromatic nitrogens is 1. The van der Waals surface area contributed by atoms with Crippen LogP contribution in [0.3, 0.4) is 0 Å². The molecule has 0 atom stereocenters. The van der Waals surface area contributed by atoms with Crippen LogP contribution >= 0.6 is 22.7 Å². The van der Waals surface area contributed by atoms with Crippen molar-refractivity contribution in [1.29, 1.82) is 0 Å². The fraction of sp³-hybridized carbons (Fsp3) is 0.167. The molecule has 0 spiro atoms. The van der Waals surface area contributed by atoms with Gasteiger partial charge in [0.15, 0.2) is 23.8 Å². The van der Waals surface area contributed by atoms with Crippen molar-refractivity contribution < 1.29 is 23.8 Å². The lowest BCUT2D eigenvalue weighted by atomic mass is 10.2. The number of ether oxygens (including phenoxy) is 3. The molecule has 0 fully saturated rings. The van der Waals surface area contributed by atoms with E-state index in [9.17, 15) is 9.59 Å². The quantitative estimate of drug-likeness (QED) is 0.658. The van der Waals surface area contributed by atoms with Gasteiger partial charge in [-0.3, -0.25) is 4.79 Å². The predicted molar refractivity (Wildman–Crippen MR) is 102 cm³/mol. The highest BCUT2D eigenvalue weighted by atomic mass is 32.1. The van der Waals surface area contributed by atoms with Crippen LogP contribution in [-0.2, 0) is 9.53 Å². The number of benzene rings is 1. The van der Waals surface area contributed by atoms with Gasteiger partial charge in [0.2, 0.25) is 0 Å². The van der Waals surface area contributed by atoms with Crippen molar-refractivity contribution in [2.24, 2.45) is 0 Å². The molecule has 9 heteroatoms. The summed E-state index contributed by atoms with van der Waals surface area (Å²) in [6, 6.07) is 7.01. The molecule has 1 amide bonds. The summed E-state index contributed by atoms with van der Waals surface area (Å²) in [5.41, 5.74) is 1.68. The highest BCUT2D eigenvalue weighted by molar-refractivity contribution is 7.14. The first-order valence-corrected chi connectivity index (χ1v) is 9.86. The maximum absolute atomic E-state index is 12.1. The maximum Gasteiger partial charge on any atom is 0.358 e. The fourth-order valence-corrected chi connectivity index (χ4v) is 3.91. The largest absolute Gasteiger partial charge is 0.486 e. The molecule has 0 radical (unpaired) electrons. The Morgan fingerprint density at radius 1 is 1.15 bits per heavy atom. The highest BCUT2D eigenvalue weighted by Crippen LogP contribution is 2.32. The van der Waals surface area contributed by atoms with Crippen molar-refractivity contribution >= 4 is 40.2 Å². The monoisotopic (exact) mass is 402 g/mol. The van der Waals surface area contributed by atoms with Crippen LogP contribution in [0.15, 0.2) is 40.4 Å².